The van der Waals surface area contributed by atoms with E-state index in [9.17, 15) is 4.79 Å². The molecule has 0 radical (unpaired) electrons. The monoisotopic (exact) mass is 381 g/mol. The molecule has 1 aromatic heterocycles. The van der Waals surface area contributed by atoms with E-state index >= 15 is 0 Å². The maximum absolute atomic E-state index is 12.5. The van der Waals surface area contributed by atoms with Crippen molar-refractivity contribution in [2.45, 2.75) is 12.8 Å². The summed E-state index contributed by atoms with van der Waals surface area (Å²) in [5, 5.41) is 9.92. The highest BCUT2D eigenvalue weighted by atomic mass is 16.5. The number of H-pyrrole nitrogens is 1. The van der Waals surface area contributed by atoms with Gasteiger partial charge in [-0.3, -0.25) is 9.89 Å². The van der Waals surface area contributed by atoms with Gasteiger partial charge >= 0.3 is 0 Å². The van der Waals surface area contributed by atoms with Crippen LogP contribution >= 0.6 is 0 Å². The molecule has 0 unspecified atom stereocenters. The first-order valence-corrected chi connectivity index (χ1v) is 8.83. The number of aryl methyl sites for hydroxylation is 2. The lowest BCUT2D eigenvalue weighted by Gasteiger charge is -2.08. The lowest BCUT2D eigenvalue weighted by Crippen LogP contribution is -2.13. The molecule has 0 aliphatic heterocycles. The van der Waals surface area contributed by atoms with E-state index in [4.69, 9.17) is 14.2 Å². The minimum Gasteiger partial charge on any atom is -0.497 e. The van der Waals surface area contributed by atoms with Gasteiger partial charge in [0.2, 0.25) is 0 Å². The number of methoxy groups -OCH3 is 3. The minimum atomic E-state index is -0.270. The fraction of sp³-hybridized carbons (Fsp3) is 0.238. The molecule has 7 heteroatoms. The first-order chi connectivity index (χ1) is 13.6. The predicted molar refractivity (Wildman–Crippen MR) is 106 cm³/mol. The summed E-state index contributed by atoms with van der Waals surface area (Å²) >= 11 is 0. The lowest BCUT2D eigenvalue weighted by atomic mass is 10.1. The van der Waals surface area contributed by atoms with Crippen LogP contribution in [0.3, 0.4) is 0 Å². The Balaban J connectivity index is 1.64. The van der Waals surface area contributed by atoms with Crippen LogP contribution in [-0.2, 0) is 12.8 Å². The summed E-state index contributed by atoms with van der Waals surface area (Å²) in [6, 6.07) is 14.7. The molecule has 3 rings (SSSR count). The van der Waals surface area contributed by atoms with Crippen LogP contribution in [0.25, 0.3) is 0 Å². The molecule has 0 spiro atoms. The number of ether oxygens (including phenoxy) is 3. The van der Waals surface area contributed by atoms with Crippen LogP contribution in [0.1, 0.15) is 21.6 Å². The Morgan fingerprint density at radius 1 is 0.964 bits per heavy atom. The third kappa shape index (κ3) is 4.62. The molecule has 2 aromatic carbocycles. The molecule has 1 amide bonds. The Kier molecular flexibility index (Phi) is 6.16. The highest BCUT2D eigenvalue weighted by Gasteiger charge is 2.13. The number of carbonyl (C=O) groups is 1. The van der Waals surface area contributed by atoms with Gasteiger partial charge in [0.1, 0.15) is 17.2 Å². The first-order valence-electron chi connectivity index (χ1n) is 8.83. The second kappa shape index (κ2) is 8.94. The average Bonchev–Trinajstić information content (AvgIpc) is 3.19. The fourth-order valence-corrected chi connectivity index (χ4v) is 2.86. The molecule has 0 aliphatic rings. The van der Waals surface area contributed by atoms with Gasteiger partial charge < -0.3 is 19.5 Å². The molecule has 0 atom stereocenters. The molecule has 3 aromatic rings. The number of aromatic amines is 1. The van der Waals surface area contributed by atoms with Crippen molar-refractivity contribution >= 4 is 11.7 Å². The normalized spacial score (nSPS) is 10.4. The fourth-order valence-electron chi connectivity index (χ4n) is 2.86. The molecule has 1 heterocycles. The number of hydrogen-bond donors (Lipinski definition) is 2. The zero-order chi connectivity index (χ0) is 19.9. The van der Waals surface area contributed by atoms with Crippen molar-refractivity contribution in [2.75, 3.05) is 26.6 Å². The summed E-state index contributed by atoms with van der Waals surface area (Å²) in [4.78, 5) is 12.5. The van der Waals surface area contributed by atoms with E-state index in [2.05, 4.69) is 15.5 Å². The van der Waals surface area contributed by atoms with Gasteiger partial charge in [-0.15, -0.1) is 0 Å². The molecule has 7 nitrogen and oxygen atoms in total. The number of benzene rings is 2. The van der Waals surface area contributed by atoms with Crippen molar-refractivity contribution in [1.29, 1.82) is 0 Å². The number of nitrogens with one attached hydrogen (secondary N) is 2. The van der Waals surface area contributed by atoms with Gasteiger partial charge in [0.15, 0.2) is 5.82 Å². The number of nitrogens with zero attached hydrogens (tertiary/aromatic N) is 1. The van der Waals surface area contributed by atoms with Gasteiger partial charge in [0.25, 0.3) is 5.91 Å². The molecular formula is C21H23N3O4. The molecule has 146 valence electrons. The molecule has 2 N–H and O–H groups in total. The van der Waals surface area contributed by atoms with Crippen LogP contribution in [0.4, 0.5) is 5.82 Å². The number of hydrogen-bond acceptors (Lipinski definition) is 5. The van der Waals surface area contributed by atoms with Crippen LogP contribution in [0.2, 0.25) is 0 Å². The van der Waals surface area contributed by atoms with Gasteiger partial charge in [-0.2, -0.15) is 5.10 Å². The van der Waals surface area contributed by atoms with Gasteiger partial charge in [0.05, 0.1) is 26.9 Å². The number of aromatic nitrogens is 2. The van der Waals surface area contributed by atoms with E-state index in [-0.39, 0.29) is 5.91 Å². The Morgan fingerprint density at radius 2 is 1.68 bits per heavy atom. The molecule has 28 heavy (non-hydrogen) atoms. The maximum atomic E-state index is 12.5. The van der Waals surface area contributed by atoms with Crippen molar-refractivity contribution in [3.8, 4) is 17.2 Å². The van der Waals surface area contributed by atoms with E-state index in [1.807, 2.05) is 30.3 Å². The van der Waals surface area contributed by atoms with Crippen molar-refractivity contribution < 1.29 is 19.0 Å². The second-order valence-electron chi connectivity index (χ2n) is 6.15. The van der Waals surface area contributed by atoms with Crippen LogP contribution < -0.4 is 19.5 Å². The third-order valence-electron chi connectivity index (χ3n) is 4.32. The van der Waals surface area contributed by atoms with Crippen molar-refractivity contribution in [1.82, 2.24) is 10.2 Å². The highest BCUT2D eigenvalue weighted by molar-refractivity contribution is 6.05. The number of amides is 1. The SMILES string of the molecule is COc1cc(CCc2cc(NC(=O)c3ccccc3OC)n[nH]2)cc(OC)c1. The molecule has 0 bridgehead atoms. The van der Waals surface area contributed by atoms with Crippen LogP contribution in [-0.4, -0.2) is 37.4 Å². The summed E-state index contributed by atoms with van der Waals surface area (Å²) in [6.45, 7) is 0. The topological polar surface area (TPSA) is 85.5 Å². The summed E-state index contributed by atoms with van der Waals surface area (Å²) in [5.41, 5.74) is 2.46. The Hall–Kier alpha value is -3.48. The molecule has 0 aliphatic carbocycles. The lowest BCUT2D eigenvalue weighted by molar-refractivity contribution is 0.102. The predicted octanol–water partition coefficient (Wildman–Crippen LogP) is 3.47. The number of carbonyl (C=O) groups excluding carboxylic acids is 1. The second-order valence-corrected chi connectivity index (χ2v) is 6.15. The summed E-state index contributed by atoms with van der Waals surface area (Å²) in [5.74, 6) is 2.22. The summed E-state index contributed by atoms with van der Waals surface area (Å²) in [7, 11) is 4.79. The van der Waals surface area contributed by atoms with Crippen molar-refractivity contribution in [2.24, 2.45) is 0 Å². The zero-order valence-corrected chi connectivity index (χ0v) is 16.1. The summed E-state index contributed by atoms with van der Waals surface area (Å²) < 4.78 is 15.8. The van der Waals surface area contributed by atoms with Crippen LogP contribution in [0, 0.1) is 0 Å². The quantitative estimate of drug-likeness (QED) is 0.624. The smallest absolute Gasteiger partial charge is 0.260 e. The van der Waals surface area contributed by atoms with Gasteiger partial charge in [-0.1, -0.05) is 12.1 Å². The third-order valence-corrected chi connectivity index (χ3v) is 4.32. The molecule has 0 saturated carbocycles. The van der Waals surface area contributed by atoms with Crippen LogP contribution in [0.5, 0.6) is 17.2 Å². The zero-order valence-electron chi connectivity index (χ0n) is 16.1. The van der Waals surface area contributed by atoms with E-state index in [0.29, 0.717) is 17.1 Å². The highest BCUT2D eigenvalue weighted by Crippen LogP contribution is 2.24. The van der Waals surface area contributed by atoms with E-state index in [0.717, 1.165) is 35.6 Å². The number of para-hydroxylation sites is 1. The minimum absolute atomic E-state index is 0.270. The van der Waals surface area contributed by atoms with Crippen molar-refractivity contribution in [3.63, 3.8) is 0 Å². The standard InChI is InChI=1S/C21H23N3O4/c1-26-16-10-14(11-17(13-16)27-2)8-9-15-12-20(24-23-15)22-21(25)18-6-4-5-7-19(18)28-3/h4-7,10-13H,8-9H2,1-3H3,(H2,22,23,24,25). The number of rotatable bonds is 8. The maximum Gasteiger partial charge on any atom is 0.260 e. The van der Waals surface area contributed by atoms with Crippen molar-refractivity contribution in [3.05, 3.63) is 65.4 Å². The largest absolute Gasteiger partial charge is 0.497 e. The Morgan fingerprint density at radius 3 is 2.36 bits per heavy atom. The van der Waals surface area contributed by atoms with Gasteiger partial charge in [-0.05, 0) is 42.7 Å². The van der Waals surface area contributed by atoms with E-state index in [1.165, 1.54) is 7.11 Å². The Bertz CT molecular complexity index is 930. The van der Waals surface area contributed by atoms with Gasteiger partial charge in [0, 0.05) is 17.8 Å². The molecule has 0 fully saturated rings. The average molecular weight is 381 g/mol. The summed E-state index contributed by atoms with van der Waals surface area (Å²) in [6.07, 6.45) is 1.50. The van der Waals surface area contributed by atoms with Gasteiger partial charge in [-0.25, -0.2) is 0 Å². The number of anilines is 1. The Labute approximate surface area is 163 Å². The first kappa shape index (κ1) is 19.3. The van der Waals surface area contributed by atoms with E-state index in [1.54, 1.807) is 32.4 Å². The molecule has 0 saturated heterocycles. The van der Waals surface area contributed by atoms with Crippen LogP contribution in [0.15, 0.2) is 48.5 Å². The van der Waals surface area contributed by atoms with E-state index < -0.39 is 0 Å². The molecular weight excluding hydrogens is 358 g/mol.